The zero-order valence-electron chi connectivity index (χ0n) is 10.4. The van der Waals surface area contributed by atoms with Crippen LogP contribution < -0.4 is 11.1 Å². The van der Waals surface area contributed by atoms with Gasteiger partial charge in [-0.1, -0.05) is 13.8 Å². The largest absolute Gasteiger partial charge is 0.384 e. The smallest absolute Gasteiger partial charge is 0.123 e. The number of hydrogen-bond acceptors (Lipinski definition) is 3. The Morgan fingerprint density at radius 1 is 1.44 bits per heavy atom. The van der Waals surface area contributed by atoms with E-state index in [2.05, 4.69) is 24.1 Å². The summed E-state index contributed by atoms with van der Waals surface area (Å²) in [6.45, 7) is 5.45. The highest BCUT2D eigenvalue weighted by atomic mass is 14.9. The van der Waals surface area contributed by atoms with Gasteiger partial charge in [-0.2, -0.15) is 0 Å². The summed E-state index contributed by atoms with van der Waals surface area (Å²) >= 11 is 0. The Labute approximate surface area is 98.5 Å². The molecule has 90 valence electrons. The van der Waals surface area contributed by atoms with Crippen molar-refractivity contribution in [1.29, 1.82) is 0 Å². The Hall–Kier alpha value is -1.09. The van der Waals surface area contributed by atoms with Gasteiger partial charge in [0, 0.05) is 12.2 Å². The lowest BCUT2D eigenvalue weighted by molar-refractivity contribution is 0.467. The third kappa shape index (κ3) is 4.62. The molecule has 3 N–H and O–H groups in total. The van der Waals surface area contributed by atoms with Gasteiger partial charge in [0.05, 0.1) is 0 Å². The van der Waals surface area contributed by atoms with Crippen molar-refractivity contribution in [3.8, 4) is 0 Å². The highest BCUT2D eigenvalue weighted by molar-refractivity contribution is 5.31. The maximum Gasteiger partial charge on any atom is 0.123 e. The monoisotopic (exact) mass is 221 g/mol. The average molecular weight is 221 g/mol. The van der Waals surface area contributed by atoms with Gasteiger partial charge in [0.25, 0.3) is 0 Å². The Morgan fingerprint density at radius 2 is 2.25 bits per heavy atom. The van der Waals surface area contributed by atoms with Crippen LogP contribution >= 0.6 is 0 Å². The van der Waals surface area contributed by atoms with E-state index < -0.39 is 0 Å². The van der Waals surface area contributed by atoms with Gasteiger partial charge in [-0.25, -0.2) is 4.98 Å². The van der Waals surface area contributed by atoms with E-state index in [0.717, 1.165) is 13.0 Å². The molecular formula is C13H23N3. The van der Waals surface area contributed by atoms with Crippen molar-refractivity contribution in [1.82, 2.24) is 10.3 Å². The number of nitrogens with zero attached hydrogens (tertiary/aromatic N) is 1. The van der Waals surface area contributed by atoms with E-state index in [1.54, 1.807) is 6.20 Å². The SMILES string of the molecule is CCNC(CC)CCCc1ccnc(N)c1. The maximum atomic E-state index is 5.64. The van der Waals surface area contributed by atoms with E-state index in [1.807, 2.05) is 12.1 Å². The van der Waals surface area contributed by atoms with Crippen molar-refractivity contribution in [2.75, 3.05) is 12.3 Å². The summed E-state index contributed by atoms with van der Waals surface area (Å²) in [7, 11) is 0. The second-order valence-electron chi connectivity index (χ2n) is 4.14. The molecule has 0 saturated carbocycles. The molecule has 3 nitrogen and oxygen atoms in total. The number of aryl methyl sites for hydroxylation is 1. The molecule has 3 heteroatoms. The van der Waals surface area contributed by atoms with Crippen LogP contribution in [0.1, 0.15) is 38.7 Å². The minimum absolute atomic E-state index is 0.622. The minimum Gasteiger partial charge on any atom is -0.384 e. The average Bonchev–Trinajstić information content (AvgIpc) is 2.28. The zero-order chi connectivity index (χ0) is 11.8. The van der Waals surface area contributed by atoms with E-state index in [0.29, 0.717) is 11.9 Å². The first-order valence-electron chi connectivity index (χ1n) is 6.20. The second-order valence-corrected chi connectivity index (χ2v) is 4.14. The maximum absolute atomic E-state index is 5.64. The number of aromatic nitrogens is 1. The standard InChI is InChI=1S/C13H23N3/c1-3-12(15-4-2)7-5-6-11-8-9-16-13(14)10-11/h8-10,12,15H,3-7H2,1-2H3,(H2,14,16). The number of nitrogens with one attached hydrogen (secondary N) is 1. The van der Waals surface area contributed by atoms with Crippen LogP contribution in [0.4, 0.5) is 5.82 Å². The van der Waals surface area contributed by atoms with Gasteiger partial charge in [0.15, 0.2) is 0 Å². The predicted octanol–water partition coefficient (Wildman–Crippen LogP) is 2.37. The molecule has 0 aliphatic carbocycles. The van der Waals surface area contributed by atoms with Gasteiger partial charge in [0.2, 0.25) is 0 Å². The second kappa shape index (κ2) is 7.23. The Balaban J connectivity index is 2.29. The van der Waals surface area contributed by atoms with Gasteiger partial charge >= 0.3 is 0 Å². The van der Waals surface area contributed by atoms with Crippen LogP contribution in [0.15, 0.2) is 18.3 Å². The lowest BCUT2D eigenvalue weighted by atomic mass is 10.0. The van der Waals surface area contributed by atoms with E-state index >= 15 is 0 Å². The summed E-state index contributed by atoms with van der Waals surface area (Å²) in [5.74, 6) is 0.622. The van der Waals surface area contributed by atoms with Crippen LogP contribution in [0, 0.1) is 0 Å². The van der Waals surface area contributed by atoms with Crippen molar-refractivity contribution in [3.05, 3.63) is 23.9 Å². The van der Waals surface area contributed by atoms with Crippen molar-refractivity contribution in [3.63, 3.8) is 0 Å². The molecule has 1 aromatic rings. The fourth-order valence-electron chi connectivity index (χ4n) is 1.94. The van der Waals surface area contributed by atoms with Crippen LogP contribution in [-0.4, -0.2) is 17.6 Å². The first-order chi connectivity index (χ1) is 7.76. The molecule has 1 unspecified atom stereocenters. The Morgan fingerprint density at radius 3 is 2.88 bits per heavy atom. The first kappa shape index (κ1) is 13.0. The minimum atomic E-state index is 0.622. The lowest BCUT2D eigenvalue weighted by Gasteiger charge is -2.15. The number of anilines is 1. The van der Waals surface area contributed by atoms with Crippen molar-refractivity contribution in [2.24, 2.45) is 0 Å². The summed E-state index contributed by atoms with van der Waals surface area (Å²) in [5, 5.41) is 3.49. The molecule has 0 amide bonds. The zero-order valence-corrected chi connectivity index (χ0v) is 10.4. The summed E-state index contributed by atoms with van der Waals surface area (Å²) in [4.78, 5) is 3.99. The molecule has 0 bridgehead atoms. The molecule has 0 fully saturated rings. The third-order valence-electron chi connectivity index (χ3n) is 2.85. The van der Waals surface area contributed by atoms with Gasteiger partial charge < -0.3 is 11.1 Å². The molecule has 1 rings (SSSR count). The molecule has 1 atom stereocenters. The van der Waals surface area contributed by atoms with E-state index in [9.17, 15) is 0 Å². The molecule has 1 aromatic heterocycles. The van der Waals surface area contributed by atoms with Crippen LogP contribution in [0.25, 0.3) is 0 Å². The quantitative estimate of drug-likeness (QED) is 0.743. The highest BCUT2D eigenvalue weighted by Gasteiger charge is 2.03. The summed E-state index contributed by atoms with van der Waals surface area (Å²) in [5.41, 5.74) is 6.93. The molecule has 0 radical (unpaired) electrons. The number of rotatable bonds is 7. The topological polar surface area (TPSA) is 50.9 Å². The van der Waals surface area contributed by atoms with E-state index in [4.69, 9.17) is 5.73 Å². The highest BCUT2D eigenvalue weighted by Crippen LogP contribution is 2.09. The molecular weight excluding hydrogens is 198 g/mol. The van der Waals surface area contributed by atoms with Crippen molar-refractivity contribution >= 4 is 5.82 Å². The fourth-order valence-corrected chi connectivity index (χ4v) is 1.94. The molecule has 1 heterocycles. The normalized spacial score (nSPS) is 12.6. The molecule has 0 aliphatic heterocycles. The van der Waals surface area contributed by atoms with Gasteiger partial charge in [-0.3, -0.25) is 0 Å². The van der Waals surface area contributed by atoms with Crippen LogP contribution in [0.2, 0.25) is 0 Å². The summed E-state index contributed by atoms with van der Waals surface area (Å²) in [6.07, 6.45) is 6.51. The van der Waals surface area contributed by atoms with E-state index in [1.165, 1.54) is 24.8 Å². The Kier molecular flexibility index (Phi) is 5.86. The van der Waals surface area contributed by atoms with Crippen molar-refractivity contribution in [2.45, 2.75) is 45.6 Å². The first-order valence-corrected chi connectivity index (χ1v) is 6.20. The Bertz CT molecular complexity index is 299. The van der Waals surface area contributed by atoms with Gasteiger partial charge in [-0.05, 0) is 49.9 Å². The number of nitrogen functional groups attached to an aromatic ring is 1. The third-order valence-corrected chi connectivity index (χ3v) is 2.85. The van der Waals surface area contributed by atoms with Gasteiger partial charge in [-0.15, -0.1) is 0 Å². The fraction of sp³-hybridized carbons (Fsp3) is 0.615. The van der Waals surface area contributed by atoms with E-state index in [-0.39, 0.29) is 0 Å². The number of pyridine rings is 1. The van der Waals surface area contributed by atoms with Gasteiger partial charge in [0.1, 0.15) is 5.82 Å². The lowest BCUT2D eigenvalue weighted by Crippen LogP contribution is -2.28. The van der Waals surface area contributed by atoms with Crippen LogP contribution in [0.5, 0.6) is 0 Å². The molecule has 16 heavy (non-hydrogen) atoms. The molecule has 0 aliphatic rings. The van der Waals surface area contributed by atoms with Crippen LogP contribution in [0.3, 0.4) is 0 Å². The number of nitrogens with two attached hydrogens (primary N) is 1. The number of hydrogen-bond donors (Lipinski definition) is 2. The summed E-state index contributed by atoms with van der Waals surface area (Å²) in [6, 6.07) is 4.67. The molecule has 0 saturated heterocycles. The van der Waals surface area contributed by atoms with Crippen LogP contribution in [-0.2, 0) is 6.42 Å². The predicted molar refractivity (Wildman–Crippen MR) is 69.3 cm³/mol. The van der Waals surface area contributed by atoms with Crippen molar-refractivity contribution < 1.29 is 0 Å². The molecule has 0 aromatic carbocycles. The summed E-state index contributed by atoms with van der Waals surface area (Å²) < 4.78 is 0. The molecule has 0 spiro atoms.